The molecule has 0 aromatic heterocycles. The van der Waals surface area contributed by atoms with Crippen molar-refractivity contribution in [2.24, 2.45) is 11.0 Å². The molecule has 0 saturated heterocycles. The third kappa shape index (κ3) is 5.40. The van der Waals surface area contributed by atoms with Crippen molar-refractivity contribution < 1.29 is 35.9 Å². The number of anilines is 1. The summed E-state index contributed by atoms with van der Waals surface area (Å²) in [6.07, 6.45) is -9.77. The van der Waals surface area contributed by atoms with Crippen LogP contribution >= 0.6 is 0 Å². The molecule has 182 valence electrons. The van der Waals surface area contributed by atoms with Crippen LogP contribution in [0.5, 0.6) is 0 Å². The van der Waals surface area contributed by atoms with E-state index in [4.69, 9.17) is 0 Å². The summed E-state index contributed by atoms with van der Waals surface area (Å²) in [7, 11) is 0. The maximum absolute atomic E-state index is 13.2. The maximum atomic E-state index is 13.2. The lowest BCUT2D eigenvalue weighted by Crippen LogP contribution is -2.35. The van der Waals surface area contributed by atoms with E-state index in [2.05, 4.69) is 15.8 Å². The first-order valence-electron chi connectivity index (χ1n) is 10.2. The second kappa shape index (κ2) is 8.77. The van der Waals surface area contributed by atoms with Crippen molar-refractivity contribution in [1.82, 2.24) is 5.43 Å². The van der Waals surface area contributed by atoms with Crippen LogP contribution in [0.25, 0.3) is 0 Å². The Kier molecular flexibility index (Phi) is 6.51. The van der Waals surface area contributed by atoms with Gasteiger partial charge in [0, 0.05) is 18.0 Å². The summed E-state index contributed by atoms with van der Waals surface area (Å²) in [4.78, 5) is 24.3. The maximum Gasteiger partial charge on any atom is 0.416 e. The van der Waals surface area contributed by atoms with Crippen LogP contribution in [0, 0.1) is 5.92 Å². The third-order valence-electron chi connectivity index (χ3n) is 5.57. The van der Waals surface area contributed by atoms with Crippen LogP contribution in [0.15, 0.2) is 47.6 Å². The summed E-state index contributed by atoms with van der Waals surface area (Å²) >= 11 is 0. The fourth-order valence-corrected chi connectivity index (χ4v) is 3.46. The van der Waals surface area contributed by atoms with E-state index >= 15 is 0 Å². The van der Waals surface area contributed by atoms with E-state index in [0.717, 1.165) is 0 Å². The lowest BCUT2D eigenvalue weighted by molar-refractivity contribution is -0.143. The van der Waals surface area contributed by atoms with Gasteiger partial charge in [0.05, 0.1) is 22.3 Å². The molecule has 0 spiro atoms. The zero-order valence-corrected chi connectivity index (χ0v) is 18.4. The van der Waals surface area contributed by atoms with Crippen LogP contribution in [0.4, 0.5) is 32.0 Å². The fraction of sp³-hybridized carbons (Fsp3) is 0.348. The molecule has 1 heterocycles. The van der Waals surface area contributed by atoms with Gasteiger partial charge < -0.3 is 5.32 Å². The molecule has 1 aliphatic heterocycles. The number of carbonyl (C=O) groups excluding carboxylic acids is 2. The van der Waals surface area contributed by atoms with Crippen molar-refractivity contribution in [3.05, 3.63) is 64.7 Å². The van der Waals surface area contributed by atoms with E-state index in [9.17, 15) is 35.9 Å². The van der Waals surface area contributed by atoms with Crippen molar-refractivity contribution in [2.45, 2.75) is 45.0 Å². The Morgan fingerprint density at radius 2 is 1.44 bits per heavy atom. The van der Waals surface area contributed by atoms with E-state index in [1.165, 1.54) is 26.0 Å². The molecule has 2 aromatic carbocycles. The normalized spacial score (nSPS) is 17.1. The number of halogens is 6. The number of hydrazone groups is 1. The highest BCUT2D eigenvalue weighted by Gasteiger charge is 2.40. The molecule has 0 aliphatic carbocycles. The third-order valence-corrected chi connectivity index (χ3v) is 5.57. The van der Waals surface area contributed by atoms with Crippen molar-refractivity contribution in [3.8, 4) is 0 Å². The minimum absolute atomic E-state index is 0.0214. The molecule has 0 fully saturated rings. The van der Waals surface area contributed by atoms with Crippen molar-refractivity contribution in [1.29, 1.82) is 0 Å². The fourth-order valence-electron chi connectivity index (χ4n) is 3.46. The highest BCUT2D eigenvalue weighted by Crippen LogP contribution is 2.39. The smallest absolute Gasteiger partial charge is 0.325 e. The monoisotopic (exact) mass is 485 g/mol. The molecule has 1 atom stereocenters. The highest BCUT2D eigenvalue weighted by atomic mass is 19.4. The Morgan fingerprint density at radius 1 is 0.941 bits per heavy atom. The Balaban J connectivity index is 1.86. The van der Waals surface area contributed by atoms with Gasteiger partial charge >= 0.3 is 12.4 Å². The van der Waals surface area contributed by atoms with Crippen LogP contribution in [0.1, 0.15) is 49.4 Å². The second-order valence-corrected chi connectivity index (χ2v) is 8.59. The van der Waals surface area contributed by atoms with Crippen LogP contribution in [-0.4, -0.2) is 17.5 Å². The molecule has 3 rings (SSSR count). The van der Waals surface area contributed by atoms with Gasteiger partial charge in [-0.05, 0) is 55.3 Å². The summed E-state index contributed by atoms with van der Waals surface area (Å²) in [5.41, 5.74) is -1.10. The van der Waals surface area contributed by atoms with E-state index in [-0.39, 0.29) is 30.0 Å². The molecule has 0 radical (unpaired) electrons. The molecule has 0 saturated carbocycles. The molecule has 2 N–H and O–H groups in total. The van der Waals surface area contributed by atoms with Crippen LogP contribution < -0.4 is 10.7 Å². The Bertz CT molecular complexity index is 1100. The van der Waals surface area contributed by atoms with Crippen molar-refractivity contribution in [2.75, 3.05) is 5.32 Å². The standard InChI is InChI=1S/C23H21F6N3O2/c1-12-8-18(33)31-32-19(12)13-4-6-17(7-5-13)30-20(34)21(2,3)14-9-15(22(24,25)26)11-16(10-14)23(27,28)29/h4-7,9-12H,8H2,1-3H3,(H,30,34)(H,31,33). The number of rotatable bonds is 4. The number of benzene rings is 2. The summed E-state index contributed by atoms with van der Waals surface area (Å²) in [5, 5.41) is 6.57. The zero-order chi connectivity index (χ0) is 25.5. The quantitative estimate of drug-likeness (QED) is 0.562. The number of nitrogens with one attached hydrogen (secondary N) is 2. The SMILES string of the molecule is CC1CC(=O)NN=C1c1ccc(NC(=O)C(C)(C)c2cc(C(F)(F)F)cc(C(F)(F)F)c2)cc1. The molecule has 2 amide bonds. The Labute approximate surface area is 191 Å². The summed E-state index contributed by atoms with van der Waals surface area (Å²) in [6.45, 7) is 4.32. The first-order chi connectivity index (χ1) is 15.6. The van der Waals surface area contributed by atoms with Crippen molar-refractivity contribution in [3.63, 3.8) is 0 Å². The van der Waals surface area contributed by atoms with E-state index in [1.54, 1.807) is 12.1 Å². The van der Waals surface area contributed by atoms with Gasteiger partial charge in [-0.2, -0.15) is 31.4 Å². The predicted molar refractivity (Wildman–Crippen MR) is 113 cm³/mol. The molecular formula is C23H21F6N3O2. The number of amides is 2. The average Bonchev–Trinajstić information content (AvgIpc) is 2.73. The Morgan fingerprint density at radius 3 is 1.91 bits per heavy atom. The lowest BCUT2D eigenvalue weighted by atomic mass is 9.81. The Hall–Kier alpha value is -3.37. The summed E-state index contributed by atoms with van der Waals surface area (Å²) in [6, 6.07) is 7.46. The van der Waals surface area contributed by atoms with Crippen molar-refractivity contribution >= 4 is 23.2 Å². The average molecular weight is 485 g/mol. The van der Waals surface area contributed by atoms with Gasteiger partial charge in [0.2, 0.25) is 11.8 Å². The molecular weight excluding hydrogens is 464 g/mol. The minimum atomic E-state index is -5.02. The first-order valence-corrected chi connectivity index (χ1v) is 10.2. The van der Waals surface area contributed by atoms with Gasteiger partial charge in [-0.1, -0.05) is 19.1 Å². The predicted octanol–water partition coefficient (Wildman–Crippen LogP) is 5.50. The zero-order valence-electron chi connectivity index (χ0n) is 18.4. The van der Waals surface area contributed by atoms with Crippen LogP contribution in [0.3, 0.4) is 0 Å². The molecule has 1 unspecified atom stereocenters. The lowest BCUT2D eigenvalue weighted by Gasteiger charge is -2.26. The number of alkyl halides is 6. The molecule has 5 nitrogen and oxygen atoms in total. The molecule has 2 aromatic rings. The number of hydrogen-bond donors (Lipinski definition) is 2. The van der Waals surface area contributed by atoms with Gasteiger partial charge in [0.15, 0.2) is 0 Å². The highest BCUT2D eigenvalue weighted by molar-refractivity contribution is 6.06. The van der Waals surface area contributed by atoms with E-state index in [0.29, 0.717) is 23.4 Å². The number of hydrogen-bond acceptors (Lipinski definition) is 3. The topological polar surface area (TPSA) is 70.6 Å². The van der Waals surface area contributed by atoms with Crippen LogP contribution in [0.2, 0.25) is 0 Å². The minimum Gasteiger partial charge on any atom is -0.325 e. The van der Waals surface area contributed by atoms with Gasteiger partial charge in [-0.3, -0.25) is 9.59 Å². The molecule has 11 heteroatoms. The van der Waals surface area contributed by atoms with E-state index in [1.807, 2.05) is 6.92 Å². The summed E-state index contributed by atoms with van der Waals surface area (Å²) < 4.78 is 79.3. The van der Waals surface area contributed by atoms with E-state index < -0.39 is 40.4 Å². The molecule has 0 bridgehead atoms. The summed E-state index contributed by atoms with van der Waals surface area (Å²) in [5.74, 6) is -1.12. The van der Waals surface area contributed by atoms with Gasteiger partial charge in [-0.15, -0.1) is 0 Å². The van der Waals surface area contributed by atoms with Gasteiger partial charge in [-0.25, -0.2) is 5.43 Å². The molecule has 34 heavy (non-hydrogen) atoms. The number of carbonyl (C=O) groups is 2. The second-order valence-electron chi connectivity index (χ2n) is 8.59. The van der Waals surface area contributed by atoms with Gasteiger partial charge in [0.25, 0.3) is 0 Å². The first kappa shape index (κ1) is 25.3. The molecule has 1 aliphatic rings. The largest absolute Gasteiger partial charge is 0.416 e. The number of nitrogens with zero attached hydrogens (tertiary/aromatic N) is 1. The van der Waals surface area contributed by atoms with Gasteiger partial charge in [0.1, 0.15) is 0 Å². The van der Waals surface area contributed by atoms with Crippen LogP contribution in [-0.2, 0) is 27.4 Å².